The van der Waals surface area contributed by atoms with E-state index in [9.17, 15) is 4.79 Å². The third-order valence-electron chi connectivity index (χ3n) is 6.19. The molecule has 1 aromatic heterocycles. The first-order chi connectivity index (χ1) is 12.7. The van der Waals surface area contributed by atoms with Crippen molar-refractivity contribution in [3.8, 4) is 0 Å². The van der Waals surface area contributed by atoms with Gasteiger partial charge in [-0.25, -0.2) is 0 Å². The molecule has 1 amide bonds. The highest BCUT2D eigenvalue weighted by Crippen LogP contribution is 2.39. The number of nitrogens with zero attached hydrogens (tertiary/aromatic N) is 2. The second kappa shape index (κ2) is 8.05. The van der Waals surface area contributed by atoms with Gasteiger partial charge in [-0.1, -0.05) is 0 Å². The van der Waals surface area contributed by atoms with Crippen molar-refractivity contribution in [1.82, 2.24) is 9.88 Å². The average molecular weight is 358 g/mol. The minimum Gasteiger partial charge on any atom is -0.381 e. The Labute approximate surface area is 156 Å². The van der Waals surface area contributed by atoms with Gasteiger partial charge in [0, 0.05) is 45.3 Å². The summed E-state index contributed by atoms with van der Waals surface area (Å²) in [7, 11) is 0. The van der Waals surface area contributed by atoms with Crippen LogP contribution in [0.2, 0.25) is 0 Å². The van der Waals surface area contributed by atoms with Gasteiger partial charge in [-0.3, -0.25) is 9.78 Å². The number of pyridine rings is 1. The Kier molecular flexibility index (Phi) is 5.55. The van der Waals surface area contributed by atoms with Crippen molar-refractivity contribution in [2.75, 3.05) is 32.9 Å². The van der Waals surface area contributed by atoms with E-state index >= 15 is 0 Å². The lowest BCUT2D eigenvalue weighted by molar-refractivity contribution is -0.126. The second-order valence-corrected chi connectivity index (χ2v) is 8.23. The molecule has 4 rings (SSSR count). The predicted octanol–water partition coefficient (Wildman–Crippen LogP) is 3.30. The normalized spacial score (nSPS) is 25.4. The maximum absolute atomic E-state index is 12.6. The highest BCUT2D eigenvalue weighted by atomic mass is 16.5. The molecule has 142 valence electrons. The highest BCUT2D eigenvalue weighted by Gasteiger charge is 2.41. The fourth-order valence-corrected chi connectivity index (χ4v) is 4.30. The standard InChI is InChI=1S/C21H30N2O3/c24-20(19-2-1-9-22-15-19)23-10-7-21(8-11-23)14-17(6-13-26-21)5-12-25-16-18-3-4-18/h1-2,9,15,17-18H,3-8,10-14,16H2. The van der Waals surface area contributed by atoms with Gasteiger partial charge in [-0.05, 0) is 68.9 Å². The van der Waals surface area contributed by atoms with Crippen molar-refractivity contribution in [2.24, 2.45) is 11.8 Å². The maximum Gasteiger partial charge on any atom is 0.255 e. The molecule has 2 aliphatic heterocycles. The van der Waals surface area contributed by atoms with Crippen molar-refractivity contribution in [3.05, 3.63) is 30.1 Å². The van der Waals surface area contributed by atoms with E-state index in [1.165, 1.54) is 12.8 Å². The molecule has 26 heavy (non-hydrogen) atoms. The van der Waals surface area contributed by atoms with Crippen molar-refractivity contribution in [2.45, 2.75) is 50.5 Å². The molecule has 1 saturated carbocycles. The van der Waals surface area contributed by atoms with Crippen LogP contribution in [0.1, 0.15) is 55.3 Å². The lowest BCUT2D eigenvalue weighted by Gasteiger charge is -2.46. The van der Waals surface area contributed by atoms with E-state index in [0.717, 1.165) is 70.9 Å². The van der Waals surface area contributed by atoms with E-state index in [1.807, 2.05) is 17.0 Å². The molecule has 5 nitrogen and oxygen atoms in total. The van der Waals surface area contributed by atoms with Gasteiger partial charge in [0.25, 0.3) is 5.91 Å². The average Bonchev–Trinajstić information content (AvgIpc) is 3.51. The summed E-state index contributed by atoms with van der Waals surface area (Å²) in [5.41, 5.74) is 0.657. The van der Waals surface area contributed by atoms with E-state index in [4.69, 9.17) is 9.47 Å². The summed E-state index contributed by atoms with van der Waals surface area (Å²) in [5, 5.41) is 0. The molecule has 3 heterocycles. The van der Waals surface area contributed by atoms with E-state index in [0.29, 0.717) is 11.5 Å². The number of piperidine rings is 1. The lowest BCUT2D eigenvalue weighted by atomic mass is 9.78. The first-order valence-electron chi connectivity index (χ1n) is 10.2. The lowest BCUT2D eigenvalue weighted by Crippen LogP contribution is -2.50. The Morgan fingerprint density at radius 1 is 1.27 bits per heavy atom. The fraction of sp³-hybridized carbons (Fsp3) is 0.714. The van der Waals surface area contributed by atoms with Crippen LogP contribution in [0.3, 0.4) is 0 Å². The number of rotatable bonds is 6. The number of hydrogen-bond acceptors (Lipinski definition) is 4. The Bertz CT molecular complexity index is 595. The van der Waals surface area contributed by atoms with E-state index in [-0.39, 0.29) is 11.5 Å². The number of carbonyl (C=O) groups excluding carboxylic acids is 1. The SMILES string of the molecule is O=C(c1cccnc1)N1CCC2(CC1)CC(CCOCC1CC1)CCO2. The van der Waals surface area contributed by atoms with Crippen LogP contribution in [0, 0.1) is 11.8 Å². The largest absolute Gasteiger partial charge is 0.381 e. The van der Waals surface area contributed by atoms with Gasteiger partial charge in [-0.2, -0.15) is 0 Å². The summed E-state index contributed by atoms with van der Waals surface area (Å²) < 4.78 is 12.1. The molecule has 2 saturated heterocycles. The Balaban J connectivity index is 1.25. The van der Waals surface area contributed by atoms with Crippen LogP contribution >= 0.6 is 0 Å². The summed E-state index contributed by atoms with van der Waals surface area (Å²) in [5.74, 6) is 1.63. The number of ether oxygens (including phenoxy) is 2. The third-order valence-corrected chi connectivity index (χ3v) is 6.19. The van der Waals surface area contributed by atoms with Gasteiger partial charge < -0.3 is 14.4 Å². The Morgan fingerprint density at radius 2 is 2.12 bits per heavy atom. The van der Waals surface area contributed by atoms with Gasteiger partial charge in [-0.15, -0.1) is 0 Å². The number of hydrogen-bond donors (Lipinski definition) is 0. The highest BCUT2D eigenvalue weighted by molar-refractivity contribution is 5.93. The van der Waals surface area contributed by atoms with Crippen molar-refractivity contribution in [1.29, 1.82) is 0 Å². The zero-order valence-electron chi connectivity index (χ0n) is 15.6. The molecular weight excluding hydrogens is 328 g/mol. The summed E-state index contributed by atoms with van der Waals surface area (Å²) in [4.78, 5) is 18.6. The summed E-state index contributed by atoms with van der Waals surface area (Å²) in [6.45, 7) is 4.25. The van der Waals surface area contributed by atoms with Crippen LogP contribution < -0.4 is 0 Å². The van der Waals surface area contributed by atoms with Crippen LogP contribution in [-0.2, 0) is 9.47 Å². The van der Waals surface area contributed by atoms with E-state index in [1.54, 1.807) is 12.4 Å². The molecule has 1 unspecified atom stereocenters. The summed E-state index contributed by atoms with van der Waals surface area (Å²) in [6, 6.07) is 3.66. The van der Waals surface area contributed by atoms with Crippen molar-refractivity contribution >= 4 is 5.91 Å². The number of amides is 1. The first-order valence-corrected chi connectivity index (χ1v) is 10.2. The minimum absolute atomic E-state index is 0.0227. The number of carbonyl (C=O) groups is 1. The second-order valence-electron chi connectivity index (χ2n) is 8.23. The quantitative estimate of drug-likeness (QED) is 0.732. The molecule has 0 N–H and O–H groups in total. The van der Waals surface area contributed by atoms with Crippen LogP contribution in [0.5, 0.6) is 0 Å². The smallest absolute Gasteiger partial charge is 0.255 e. The van der Waals surface area contributed by atoms with Gasteiger partial charge >= 0.3 is 0 Å². The molecule has 1 aliphatic carbocycles. The third kappa shape index (κ3) is 4.44. The number of aromatic nitrogens is 1. The maximum atomic E-state index is 12.6. The summed E-state index contributed by atoms with van der Waals surface area (Å²) >= 11 is 0. The van der Waals surface area contributed by atoms with E-state index in [2.05, 4.69) is 4.98 Å². The Hall–Kier alpha value is -1.46. The topological polar surface area (TPSA) is 51.7 Å². The van der Waals surface area contributed by atoms with E-state index < -0.39 is 0 Å². The molecule has 5 heteroatoms. The fourth-order valence-electron chi connectivity index (χ4n) is 4.30. The van der Waals surface area contributed by atoms with Crippen LogP contribution in [0.4, 0.5) is 0 Å². The van der Waals surface area contributed by atoms with Gasteiger partial charge in [0.15, 0.2) is 0 Å². The molecule has 0 aromatic carbocycles. The number of likely N-dealkylation sites (tertiary alicyclic amines) is 1. The predicted molar refractivity (Wildman–Crippen MR) is 98.9 cm³/mol. The molecule has 1 spiro atoms. The van der Waals surface area contributed by atoms with Gasteiger partial charge in [0.2, 0.25) is 0 Å². The zero-order chi connectivity index (χ0) is 17.8. The molecule has 3 aliphatic rings. The zero-order valence-corrected chi connectivity index (χ0v) is 15.6. The van der Waals surface area contributed by atoms with Crippen LogP contribution in [0.15, 0.2) is 24.5 Å². The van der Waals surface area contributed by atoms with Crippen molar-refractivity contribution in [3.63, 3.8) is 0 Å². The van der Waals surface area contributed by atoms with Crippen molar-refractivity contribution < 1.29 is 14.3 Å². The van der Waals surface area contributed by atoms with Gasteiger partial charge in [0.05, 0.1) is 11.2 Å². The van der Waals surface area contributed by atoms with Gasteiger partial charge in [0.1, 0.15) is 0 Å². The van der Waals surface area contributed by atoms with Crippen LogP contribution in [-0.4, -0.2) is 54.3 Å². The molecule has 1 atom stereocenters. The minimum atomic E-state index is -0.0227. The molecule has 1 aromatic rings. The monoisotopic (exact) mass is 358 g/mol. The summed E-state index contributed by atoms with van der Waals surface area (Å²) in [6.07, 6.45) is 11.4. The molecule has 3 fully saturated rings. The first kappa shape index (κ1) is 17.9. The molecule has 0 bridgehead atoms. The molecule has 0 radical (unpaired) electrons. The molecular formula is C21H30N2O3. The Morgan fingerprint density at radius 3 is 2.85 bits per heavy atom. The van der Waals surface area contributed by atoms with Crippen LogP contribution in [0.25, 0.3) is 0 Å².